The maximum absolute atomic E-state index is 12.4. The van der Waals surface area contributed by atoms with Gasteiger partial charge in [0, 0.05) is 18.9 Å². The molecular formula is C11H17F2NO3. The molecule has 0 radical (unpaired) electrons. The monoisotopic (exact) mass is 249 g/mol. The van der Waals surface area contributed by atoms with Gasteiger partial charge in [-0.05, 0) is 27.2 Å². The summed E-state index contributed by atoms with van der Waals surface area (Å²) >= 11 is 0. The highest BCUT2D eigenvalue weighted by Gasteiger charge is 2.36. The number of piperidine rings is 1. The number of carbonyl (C=O) groups excluding carboxylic acids is 2. The van der Waals surface area contributed by atoms with Crippen LogP contribution in [0.3, 0.4) is 0 Å². The van der Waals surface area contributed by atoms with Crippen molar-refractivity contribution in [2.24, 2.45) is 5.92 Å². The van der Waals surface area contributed by atoms with E-state index in [1.807, 2.05) is 0 Å². The number of likely N-dealkylation sites (tertiary alicyclic amines) is 1. The highest BCUT2D eigenvalue weighted by Crippen LogP contribution is 2.25. The molecule has 1 heterocycles. The van der Waals surface area contributed by atoms with Crippen molar-refractivity contribution in [3.05, 3.63) is 0 Å². The van der Waals surface area contributed by atoms with Crippen LogP contribution in [0.2, 0.25) is 0 Å². The summed E-state index contributed by atoms with van der Waals surface area (Å²) in [5, 5.41) is 0. The lowest BCUT2D eigenvalue weighted by molar-refractivity contribution is -0.136. The first-order valence-corrected chi connectivity index (χ1v) is 5.52. The highest BCUT2D eigenvalue weighted by molar-refractivity contribution is 5.92. The summed E-state index contributed by atoms with van der Waals surface area (Å²) in [6.07, 6.45) is -3.44. The molecule has 0 aromatic rings. The van der Waals surface area contributed by atoms with Gasteiger partial charge in [-0.2, -0.15) is 0 Å². The Kier molecular flexibility index (Phi) is 4.06. The SMILES string of the molecule is CC(C)(C)OC(=O)N1CCC(C(F)F)CC1=O. The molecule has 0 aliphatic carbocycles. The number of hydrogen-bond acceptors (Lipinski definition) is 3. The zero-order valence-corrected chi connectivity index (χ0v) is 10.2. The fourth-order valence-electron chi connectivity index (χ4n) is 1.58. The molecule has 1 atom stereocenters. The fraction of sp³-hybridized carbons (Fsp3) is 0.818. The Balaban J connectivity index is 2.58. The van der Waals surface area contributed by atoms with Crippen LogP contribution in [0.4, 0.5) is 13.6 Å². The first-order chi connectivity index (χ1) is 7.70. The average molecular weight is 249 g/mol. The third-order valence-corrected chi connectivity index (χ3v) is 2.43. The molecule has 0 N–H and O–H groups in total. The van der Waals surface area contributed by atoms with Crippen molar-refractivity contribution in [1.29, 1.82) is 0 Å². The van der Waals surface area contributed by atoms with Crippen LogP contribution in [0.1, 0.15) is 33.6 Å². The minimum atomic E-state index is -2.51. The predicted octanol–water partition coefficient (Wildman–Crippen LogP) is 2.43. The van der Waals surface area contributed by atoms with E-state index in [2.05, 4.69) is 0 Å². The van der Waals surface area contributed by atoms with Gasteiger partial charge in [-0.25, -0.2) is 18.5 Å². The van der Waals surface area contributed by atoms with Crippen molar-refractivity contribution in [3.63, 3.8) is 0 Å². The summed E-state index contributed by atoms with van der Waals surface area (Å²) < 4.78 is 29.8. The zero-order valence-electron chi connectivity index (χ0n) is 10.2. The van der Waals surface area contributed by atoms with E-state index < -0.39 is 29.9 Å². The molecule has 1 saturated heterocycles. The van der Waals surface area contributed by atoms with Crippen LogP contribution in [0.15, 0.2) is 0 Å². The van der Waals surface area contributed by atoms with Crippen LogP contribution < -0.4 is 0 Å². The summed E-state index contributed by atoms with van der Waals surface area (Å²) in [6, 6.07) is 0. The van der Waals surface area contributed by atoms with E-state index in [4.69, 9.17) is 4.74 Å². The van der Waals surface area contributed by atoms with Gasteiger partial charge >= 0.3 is 6.09 Å². The van der Waals surface area contributed by atoms with Crippen molar-refractivity contribution >= 4 is 12.0 Å². The normalized spacial score (nSPS) is 21.9. The number of rotatable bonds is 1. The summed E-state index contributed by atoms with van der Waals surface area (Å²) in [4.78, 5) is 24.0. The Morgan fingerprint density at radius 3 is 2.47 bits per heavy atom. The minimum absolute atomic E-state index is 0.00273. The number of alkyl halides is 2. The Morgan fingerprint density at radius 2 is 2.06 bits per heavy atom. The molecule has 1 unspecified atom stereocenters. The van der Waals surface area contributed by atoms with Gasteiger partial charge in [-0.15, -0.1) is 0 Å². The van der Waals surface area contributed by atoms with E-state index >= 15 is 0 Å². The molecule has 1 aliphatic heterocycles. The van der Waals surface area contributed by atoms with E-state index in [-0.39, 0.29) is 19.4 Å². The molecule has 1 rings (SSSR count). The Morgan fingerprint density at radius 1 is 1.47 bits per heavy atom. The molecule has 0 aromatic heterocycles. The van der Waals surface area contributed by atoms with Gasteiger partial charge in [-0.3, -0.25) is 4.79 Å². The molecule has 0 saturated carbocycles. The lowest BCUT2D eigenvalue weighted by Gasteiger charge is -2.31. The van der Waals surface area contributed by atoms with Crippen molar-refractivity contribution in [3.8, 4) is 0 Å². The zero-order chi connectivity index (χ0) is 13.2. The van der Waals surface area contributed by atoms with Gasteiger partial charge in [0.1, 0.15) is 5.60 Å². The number of amides is 2. The number of carbonyl (C=O) groups is 2. The topological polar surface area (TPSA) is 46.6 Å². The van der Waals surface area contributed by atoms with Crippen molar-refractivity contribution in [2.75, 3.05) is 6.54 Å². The Bertz CT molecular complexity index is 312. The summed E-state index contributed by atoms with van der Waals surface area (Å²) in [5.41, 5.74) is -0.697. The Labute approximate surface area is 98.9 Å². The van der Waals surface area contributed by atoms with Gasteiger partial charge in [0.25, 0.3) is 0 Å². The van der Waals surface area contributed by atoms with Gasteiger partial charge < -0.3 is 4.74 Å². The number of halogens is 2. The molecular weight excluding hydrogens is 232 g/mol. The summed E-state index contributed by atoms with van der Waals surface area (Å²) in [6.45, 7) is 5.05. The average Bonchev–Trinajstić information content (AvgIpc) is 2.14. The van der Waals surface area contributed by atoms with Crippen LogP contribution in [-0.4, -0.2) is 35.5 Å². The molecule has 0 aromatic carbocycles. The predicted molar refractivity (Wildman–Crippen MR) is 56.7 cm³/mol. The summed E-state index contributed by atoms with van der Waals surface area (Å²) in [5.74, 6) is -1.53. The quantitative estimate of drug-likeness (QED) is 0.717. The molecule has 17 heavy (non-hydrogen) atoms. The van der Waals surface area contributed by atoms with Gasteiger partial charge in [0.15, 0.2) is 0 Å². The first-order valence-electron chi connectivity index (χ1n) is 5.52. The number of ether oxygens (including phenoxy) is 1. The third kappa shape index (κ3) is 3.94. The second-order valence-electron chi connectivity index (χ2n) is 5.11. The molecule has 1 fully saturated rings. The van der Waals surface area contributed by atoms with E-state index in [1.165, 1.54) is 0 Å². The van der Waals surface area contributed by atoms with E-state index in [9.17, 15) is 18.4 Å². The maximum atomic E-state index is 12.4. The van der Waals surface area contributed by atoms with Crippen molar-refractivity contribution in [2.45, 2.75) is 45.6 Å². The second-order valence-corrected chi connectivity index (χ2v) is 5.11. The van der Waals surface area contributed by atoms with Crippen LogP contribution in [0.25, 0.3) is 0 Å². The molecule has 0 bridgehead atoms. The lowest BCUT2D eigenvalue weighted by Crippen LogP contribution is -2.46. The van der Waals surface area contributed by atoms with E-state index in [0.717, 1.165) is 4.90 Å². The van der Waals surface area contributed by atoms with Gasteiger partial charge in [0.05, 0.1) is 0 Å². The first kappa shape index (κ1) is 13.9. The largest absolute Gasteiger partial charge is 0.443 e. The van der Waals surface area contributed by atoms with Crippen LogP contribution in [-0.2, 0) is 9.53 Å². The maximum Gasteiger partial charge on any atom is 0.417 e. The number of hydrogen-bond donors (Lipinski definition) is 0. The highest BCUT2D eigenvalue weighted by atomic mass is 19.3. The second kappa shape index (κ2) is 4.98. The standard InChI is InChI=1S/C11H17F2NO3/c1-11(2,3)17-10(16)14-5-4-7(9(12)13)6-8(14)15/h7,9H,4-6H2,1-3H3. The molecule has 98 valence electrons. The molecule has 2 amide bonds. The van der Waals surface area contributed by atoms with Crippen molar-refractivity contribution in [1.82, 2.24) is 4.90 Å². The van der Waals surface area contributed by atoms with Gasteiger partial charge in [-0.1, -0.05) is 0 Å². The Hall–Kier alpha value is -1.20. The molecule has 6 heteroatoms. The van der Waals surface area contributed by atoms with Gasteiger partial charge in [0.2, 0.25) is 12.3 Å². The number of nitrogens with zero attached hydrogens (tertiary/aromatic N) is 1. The summed E-state index contributed by atoms with van der Waals surface area (Å²) in [7, 11) is 0. The molecule has 4 nitrogen and oxygen atoms in total. The fourth-order valence-corrected chi connectivity index (χ4v) is 1.58. The smallest absolute Gasteiger partial charge is 0.417 e. The van der Waals surface area contributed by atoms with Crippen molar-refractivity contribution < 1.29 is 23.1 Å². The van der Waals surface area contributed by atoms with E-state index in [0.29, 0.717) is 0 Å². The third-order valence-electron chi connectivity index (χ3n) is 2.43. The lowest BCUT2D eigenvalue weighted by atomic mass is 9.97. The minimum Gasteiger partial charge on any atom is -0.443 e. The van der Waals surface area contributed by atoms with E-state index in [1.54, 1.807) is 20.8 Å². The van der Waals surface area contributed by atoms with Crippen LogP contribution >= 0.6 is 0 Å². The van der Waals surface area contributed by atoms with Crippen LogP contribution in [0.5, 0.6) is 0 Å². The molecule has 0 spiro atoms. The van der Waals surface area contributed by atoms with Crippen LogP contribution in [0, 0.1) is 5.92 Å². The number of imide groups is 1. The molecule has 1 aliphatic rings.